The van der Waals surface area contributed by atoms with Gasteiger partial charge in [-0.2, -0.15) is 0 Å². The van der Waals surface area contributed by atoms with E-state index in [1.807, 2.05) is 0 Å². The van der Waals surface area contributed by atoms with Crippen LogP contribution in [0.4, 0.5) is 8.78 Å². The highest BCUT2D eigenvalue weighted by Gasteiger charge is 2.28. The second-order valence-corrected chi connectivity index (χ2v) is 8.89. The zero-order chi connectivity index (χ0) is 22.1. The molecule has 30 heavy (non-hydrogen) atoms. The number of amides is 1. The lowest BCUT2D eigenvalue weighted by Crippen LogP contribution is -2.39. The summed E-state index contributed by atoms with van der Waals surface area (Å²) >= 11 is 0. The molecule has 1 unspecified atom stereocenters. The molecule has 0 bridgehead atoms. The number of fused-ring (bicyclic) bond motifs is 1. The van der Waals surface area contributed by atoms with Crippen molar-refractivity contribution in [3.05, 3.63) is 64.7 Å². The summed E-state index contributed by atoms with van der Waals surface area (Å²) in [6.45, 7) is -0.146. The maximum atomic E-state index is 14.0. The van der Waals surface area contributed by atoms with Crippen LogP contribution in [-0.2, 0) is 21.2 Å². The minimum absolute atomic E-state index is 0.0221. The zero-order valence-electron chi connectivity index (χ0n) is 15.7. The Hall–Kier alpha value is -3.18. The molecule has 0 aliphatic rings. The van der Waals surface area contributed by atoms with E-state index in [0.29, 0.717) is 5.56 Å². The third-order valence-electron chi connectivity index (χ3n) is 4.64. The first-order valence-corrected chi connectivity index (χ1v) is 10.7. The molecule has 0 saturated carbocycles. The van der Waals surface area contributed by atoms with Gasteiger partial charge in [0, 0.05) is 18.4 Å². The predicted molar refractivity (Wildman–Crippen MR) is 105 cm³/mol. The van der Waals surface area contributed by atoms with E-state index in [4.69, 9.17) is 5.21 Å². The van der Waals surface area contributed by atoms with Crippen LogP contribution in [0, 0.1) is 11.6 Å². The maximum absolute atomic E-state index is 14.0. The number of nitrogens with one attached hydrogen (secondary N) is 1. The number of hydroxylamine groups is 1. The van der Waals surface area contributed by atoms with Crippen LogP contribution in [0.5, 0.6) is 0 Å². The van der Waals surface area contributed by atoms with E-state index < -0.39 is 38.2 Å². The van der Waals surface area contributed by atoms with E-state index in [9.17, 15) is 26.8 Å². The van der Waals surface area contributed by atoms with Gasteiger partial charge in [-0.15, -0.1) is 0 Å². The fourth-order valence-electron chi connectivity index (χ4n) is 3.08. The Morgan fingerprint density at radius 3 is 2.67 bits per heavy atom. The average Bonchev–Trinajstić information content (AvgIpc) is 2.70. The number of sulfone groups is 1. The van der Waals surface area contributed by atoms with Gasteiger partial charge in [0.15, 0.2) is 21.5 Å². The maximum Gasteiger partial charge on any atom is 0.261 e. The van der Waals surface area contributed by atoms with Crippen molar-refractivity contribution in [1.82, 2.24) is 15.0 Å². The van der Waals surface area contributed by atoms with E-state index in [2.05, 4.69) is 4.98 Å². The third kappa shape index (κ3) is 4.21. The third-order valence-corrected chi connectivity index (χ3v) is 6.12. The highest BCUT2D eigenvalue weighted by molar-refractivity contribution is 7.92. The van der Waals surface area contributed by atoms with Crippen molar-refractivity contribution in [2.45, 2.75) is 18.2 Å². The van der Waals surface area contributed by atoms with Crippen LogP contribution in [-0.4, -0.2) is 40.6 Å². The summed E-state index contributed by atoms with van der Waals surface area (Å²) in [6, 6.07) is 8.07. The summed E-state index contributed by atoms with van der Waals surface area (Å²) in [5, 5.41) is 7.37. The Labute approximate surface area is 169 Å². The second kappa shape index (κ2) is 8.28. The molecule has 158 valence electrons. The van der Waals surface area contributed by atoms with E-state index in [1.54, 1.807) is 0 Å². The molecule has 0 fully saturated rings. The Morgan fingerprint density at radius 2 is 2.00 bits per heavy atom. The molecule has 1 aromatic heterocycles. The topological polar surface area (TPSA) is 118 Å². The molecule has 3 aromatic rings. The Kier molecular flexibility index (Phi) is 5.94. The van der Waals surface area contributed by atoms with Crippen LogP contribution in [0.3, 0.4) is 0 Å². The van der Waals surface area contributed by atoms with Gasteiger partial charge in [0.2, 0.25) is 0 Å². The quantitative estimate of drug-likeness (QED) is 0.447. The van der Waals surface area contributed by atoms with Gasteiger partial charge in [-0.1, -0.05) is 18.2 Å². The largest absolute Gasteiger partial charge is 0.299 e. The van der Waals surface area contributed by atoms with Crippen molar-refractivity contribution in [1.29, 1.82) is 0 Å². The highest BCUT2D eigenvalue weighted by Crippen LogP contribution is 2.26. The van der Waals surface area contributed by atoms with E-state index >= 15 is 0 Å². The highest BCUT2D eigenvalue weighted by atomic mass is 32.2. The normalized spacial score (nSPS) is 12.7. The van der Waals surface area contributed by atoms with Gasteiger partial charge in [-0.25, -0.2) is 27.7 Å². The van der Waals surface area contributed by atoms with Crippen molar-refractivity contribution in [2.24, 2.45) is 0 Å². The monoisotopic (exact) mass is 437 g/mol. The van der Waals surface area contributed by atoms with Gasteiger partial charge in [-0.05, 0) is 30.2 Å². The summed E-state index contributed by atoms with van der Waals surface area (Å²) in [5.41, 5.74) is 1.40. The van der Waals surface area contributed by atoms with Gasteiger partial charge in [-0.3, -0.25) is 19.4 Å². The van der Waals surface area contributed by atoms with E-state index in [-0.39, 0.29) is 29.4 Å². The minimum Gasteiger partial charge on any atom is -0.299 e. The van der Waals surface area contributed by atoms with Gasteiger partial charge in [0.1, 0.15) is 5.25 Å². The Bertz CT molecular complexity index is 1290. The van der Waals surface area contributed by atoms with Gasteiger partial charge >= 0.3 is 0 Å². The molecule has 8 nitrogen and oxygen atoms in total. The van der Waals surface area contributed by atoms with Crippen molar-refractivity contribution >= 4 is 26.6 Å². The number of carbonyl (C=O) groups excluding carboxylic acids is 1. The summed E-state index contributed by atoms with van der Waals surface area (Å²) < 4.78 is 52.1. The SMILES string of the molecule is CS(=O)(=O)C(CCn1cnc2cc(-c3cccc(F)c3F)ccc2c1=O)C(=O)NO. The molecule has 0 spiro atoms. The molecule has 11 heteroatoms. The number of carbonyl (C=O) groups is 1. The average molecular weight is 437 g/mol. The number of nitrogens with zero attached hydrogens (tertiary/aromatic N) is 2. The molecule has 1 heterocycles. The fraction of sp³-hybridized carbons (Fsp3) is 0.211. The number of benzene rings is 2. The minimum atomic E-state index is -3.82. The Balaban J connectivity index is 1.94. The van der Waals surface area contributed by atoms with E-state index in [1.165, 1.54) is 42.1 Å². The first kappa shape index (κ1) is 21.5. The molecule has 1 atom stereocenters. The lowest BCUT2D eigenvalue weighted by atomic mass is 10.0. The van der Waals surface area contributed by atoms with Gasteiger partial charge < -0.3 is 0 Å². The molecule has 2 aromatic carbocycles. The zero-order valence-corrected chi connectivity index (χ0v) is 16.5. The smallest absolute Gasteiger partial charge is 0.261 e. The number of aromatic nitrogens is 2. The molecule has 1 amide bonds. The van der Waals surface area contributed by atoms with Crippen molar-refractivity contribution in [3.63, 3.8) is 0 Å². The summed E-state index contributed by atoms with van der Waals surface area (Å²) in [5.74, 6) is -3.11. The van der Waals surface area contributed by atoms with Crippen LogP contribution in [0.15, 0.2) is 47.5 Å². The van der Waals surface area contributed by atoms with Crippen LogP contribution < -0.4 is 11.0 Å². The number of aryl methyl sites for hydroxylation is 1. The molecule has 0 radical (unpaired) electrons. The van der Waals surface area contributed by atoms with Crippen molar-refractivity contribution < 1.29 is 27.2 Å². The standard InChI is InChI=1S/C19H17F2N3O5S/c1-30(28,29)16(18(25)23-27)7-8-24-10-22-15-9-11(5-6-13(15)19(24)26)12-3-2-4-14(20)17(12)21/h2-6,9-10,16,27H,7-8H2,1H3,(H,23,25). The van der Waals surface area contributed by atoms with Gasteiger partial charge in [0.25, 0.3) is 11.5 Å². The second-order valence-electron chi connectivity index (χ2n) is 6.66. The van der Waals surface area contributed by atoms with Crippen molar-refractivity contribution in [2.75, 3.05) is 6.26 Å². The first-order chi connectivity index (χ1) is 14.1. The molecular weight excluding hydrogens is 420 g/mol. The number of hydrogen-bond donors (Lipinski definition) is 2. The molecule has 0 saturated heterocycles. The van der Waals surface area contributed by atoms with E-state index in [0.717, 1.165) is 16.9 Å². The number of halogens is 2. The molecular formula is C19H17F2N3O5S. The summed E-state index contributed by atoms with van der Waals surface area (Å²) in [4.78, 5) is 28.4. The van der Waals surface area contributed by atoms with Gasteiger partial charge in [0.05, 0.1) is 17.2 Å². The number of rotatable bonds is 6. The molecule has 0 aliphatic carbocycles. The molecule has 2 N–H and O–H groups in total. The molecule has 0 aliphatic heterocycles. The Morgan fingerprint density at radius 1 is 1.27 bits per heavy atom. The van der Waals surface area contributed by atoms with Crippen LogP contribution >= 0.6 is 0 Å². The van der Waals surface area contributed by atoms with Crippen LogP contribution in [0.25, 0.3) is 22.0 Å². The van der Waals surface area contributed by atoms with Crippen LogP contribution in [0.1, 0.15) is 6.42 Å². The molecule has 3 rings (SSSR count). The number of hydrogen-bond acceptors (Lipinski definition) is 6. The summed E-state index contributed by atoms with van der Waals surface area (Å²) in [6.07, 6.45) is 1.76. The predicted octanol–water partition coefficient (Wildman–Crippen LogP) is 1.65. The lowest BCUT2D eigenvalue weighted by Gasteiger charge is -2.14. The first-order valence-electron chi connectivity index (χ1n) is 8.70. The van der Waals surface area contributed by atoms with Crippen molar-refractivity contribution in [3.8, 4) is 11.1 Å². The summed E-state index contributed by atoms with van der Waals surface area (Å²) in [7, 11) is -3.82. The fourth-order valence-corrected chi connectivity index (χ4v) is 4.05. The van der Waals surface area contributed by atoms with Crippen LogP contribution in [0.2, 0.25) is 0 Å². The lowest BCUT2D eigenvalue weighted by molar-refractivity contribution is -0.128.